The van der Waals surface area contributed by atoms with Crippen LogP contribution in [0.25, 0.3) is 50.2 Å². The molecule has 0 N–H and O–H groups in total. The summed E-state index contributed by atoms with van der Waals surface area (Å²) in [5, 5.41) is 4.27. The van der Waals surface area contributed by atoms with E-state index in [1.54, 1.807) is 6.07 Å². The van der Waals surface area contributed by atoms with Gasteiger partial charge in [-0.1, -0.05) is 65.7 Å². The van der Waals surface area contributed by atoms with Gasteiger partial charge in [-0.3, -0.25) is 9.97 Å². The van der Waals surface area contributed by atoms with E-state index in [-0.39, 0.29) is 27.0 Å². The minimum Gasteiger partial charge on any atom is -0.623 e. The van der Waals surface area contributed by atoms with Gasteiger partial charge in [0.2, 0.25) is 0 Å². The Morgan fingerprint density at radius 3 is 2.08 bits per heavy atom. The van der Waals surface area contributed by atoms with Gasteiger partial charge in [-0.2, -0.15) is 0 Å². The zero-order valence-electron chi connectivity index (χ0n) is 19.6. The van der Waals surface area contributed by atoms with Gasteiger partial charge in [0, 0.05) is 19.7 Å². The van der Waals surface area contributed by atoms with Crippen LogP contribution in [0, 0.1) is 6.07 Å². The third kappa shape index (κ3) is 4.04. The Morgan fingerprint density at radius 2 is 1.33 bits per heavy atom. The van der Waals surface area contributed by atoms with Gasteiger partial charge >= 0.3 is 21.1 Å². The second kappa shape index (κ2) is 9.56. The van der Waals surface area contributed by atoms with E-state index in [0.717, 1.165) is 39.3 Å². The van der Waals surface area contributed by atoms with E-state index in [1.807, 2.05) is 97.5 Å². The van der Waals surface area contributed by atoms with Crippen LogP contribution in [0.4, 0.5) is 5.69 Å². The topological polar surface area (TPSA) is 66.8 Å². The van der Waals surface area contributed by atoms with Gasteiger partial charge in [0.25, 0.3) is 0 Å². The van der Waals surface area contributed by atoms with Crippen molar-refractivity contribution in [1.29, 1.82) is 0 Å². The molecule has 1 amide bonds. The number of rotatable bonds is 4. The Labute approximate surface area is 222 Å². The molecule has 36 heavy (non-hydrogen) atoms. The quantitative estimate of drug-likeness (QED) is 0.207. The van der Waals surface area contributed by atoms with E-state index in [9.17, 15) is 4.79 Å². The number of amides is 1. The van der Waals surface area contributed by atoms with Gasteiger partial charge in [-0.15, -0.1) is 30.0 Å². The first-order valence-electron chi connectivity index (χ1n) is 11.3. The number of benzene rings is 4. The molecule has 0 aliphatic carbocycles. The van der Waals surface area contributed by atoms with E-state index in [0.29, 0.717) is 16.8 Å². The van der Waals surface area contributed by atoms with Crippen molar-refractivity contribution in [3.63, 3.8) is 0 Å². The van der Waals surface area contributed by atoms with E-state index in [4.69, 9.17) is 9.97 Å². The van der Waals surface area contributed by atoms with E-state index < -0.39 is 0 Å². The molecule has 0 spiro atoms. The number of para-hydroxylation sites is 4. The zero-order chi connectivity index (χ0) is 23.9. The van der Waals surface area contributed by atoms with Crippen molar-refractivity contribution >= 4 is 33.7 Å². The molecule has 0 radical (unpaired) electrons. The van der Waals surface area contributed by atoms with E-state index in [1.165, 1.54) is 0 Å². The van der Waals surface area contributed by atoms with Crippen LogP contribution in [-0.2, 0) is 35.2 Å². The summed E-state index contributed by atoms with van der Waals surface area (Å²) in [7, 11) is 3.96. The Hall–Kier alpha value is -4.02. The molecular formula is C29H21N5OPt. The van der Waals surface area contributed by atoms with Crippen LogP contribution < -0.4 is 0 Å². The molecule has 0 atom stereocenters. The van der Waals surface area contributed by atoms with Gasteiger partial charge in [0.05, 0.1) is 39.6 Å². The van der Waals surface area contributed by atoms with E-state index in [2.05, 4.69) is 22.0 Å². The van der Waals surface area contributed by atoms with Crippen molar-refractivity contribution in [2.45, 2.75) is 0 Å². The fourth-order valence-electron chi connectivity index (χ4n) is 4.42. The fourth-order valence-corrected chi connectivity index (χ4v) is 4.42. The summed E-state index contributed by atoms with van der Waals surface area (Å²) in [6.45, 7) is 0. The predicted octanol–water partition coefficient (Wildman–Crippen LogP) is 6.44. The first-order valence-corrected chi connectivity index (χ1v) is 11.3. The monoisotopic (exact) mass is 650 g/mol. The number of aromatic nitrogens is 4. The van der Waals surface area contributed by atoms with Crippen LogP contribution >= 0.6 is 0 Å². The number of hydrogen-bond donors (Lipinski definition) is 0. The summed E-state index contributed by atoms with van der Waals surface area (Å²) in [6.07, 6.45) is 0. The molecule has 0 fully saturated rings. The Kier molecular flexibility index (Phi) is 6.29. The normalized spacial score (nSPS) is 10.9. The largest absolute Gasteiger partial charge is 2.00 e. The molecule has 0 aliphatic rings. The fraction of sp³-hybridized carbons (Fsp3) is 0.0690. The number of fused-ring (bicyclic) bond motifs is 2. The number of imidazole rings is 2. The maximum atomic E-state index is 13.0. The summed E-state index contributed by atoms with van der Waals surface area (Å²) < 4.78 is 4.06. The number of nitrogens with zero attached hydrogens (tertiary/aromatic N) is 5. The molecule has 7 heteroatoms. The number of hydrogen-bond acceptors (Lipinski definition) is 3. The van der Waals surface area contributed by atoms with Crippen LogP contribution in [0.3, 0.4) is 0 Å². The van der Waals surface area contributed by atoms with Crippen molar-refractivity contribution in [1.82, 2.24) is 19.1 Å². The molecule has 2 aromatic heterocycles. The maximum absolute atomic E-state index is 13.0. The molecule has 0 bridgehead atoms. The van der Waals surface area contributed by atoms with Gasteiger partial charge < -0.3 is 19.2 Å². The van der Waals surface area contributed by atoms with Gasteiger partial charge in [0.15, 0.2) is 0 Å². The second-order valence-corrected chi connectivity index (χ2v) is 8.38. The molecule has 6 nitrogen and oxygen atoms in total. The third-order valence-corrected chi connectivity index (χ3v) is 6.19. The average molecular weight is 651 g/mol. The Balaban J connectivity index is 0.00000267. The summed E-state index contributed by atoms with van der Waals surface area (Å²) in [6, 6.07) is 32.3. The van der Waals surface area contributed by atoms with Crippen LogP contribution in [0.15, 0.2) is 91.0 Å². The number of carbonyl (C=O) groups is 1. The van der Waals surface area contributed by atoms with Crippen molar-refractivity contribution in [2.24, 2.45) is 14.1 Å². The SMILES string of the molecule is Cn1c(-c2[c-]c(-c3nc4c(C(=O)[N-]c5ccccc5)cccc4n3C)ccc2)nc2ccccc21.[Pt+2]. The third-order valence-electron chi connectivity index (χ3n) is 6.19. The summed E-state index contributed by atoms with van der Waals surface area (Å²) in [5.74, 6) is 1.24. The number of carbonyl (C=O) groups excluding carboxylic acids is 1. The van der Waals surface area contributed by atoms with Gasteiger partial charge in [0.1, 0.15) is 0 Å². The molecule has 4 aromatic carbocycles. The molecule has 2 heterocycles. The molecule has 0 saturated carbocycles. The first-order chi connectivity index (χ1) is 17.1. The summed E-state index contributed by atoms with van der Waals surface area (Å²) >= 11 is 0. The molecule has 0 aliphatic heterocycles. The molecule has 178 valence electrons. The second-order valence-electron chi connectivity index (χ2n) is 8.38. The summed E-state index contributed by atoms with van der Waals surface area (Å²) in [4.78, 5) is 22.7. The predicted molar refractivity (Wildman–Crippen MR) is 138 cm³/mol. The van der Waals surface area contributed by atoms with Crippen molar-refractivity contribution in [3.05, 3.63) is 108 Å². The van der Waals surface area contributed by atoms with Crippen LogP contribution in [0.5, 0.6) is 0 Å². The molecule has 6 rings (SSSR count). The van der Waals surface area contributed by atoms with Crippen molar-refractivity contribution in [3.8, 4) is 22.8 Å². The van der Waals surface area contributed by atoms with Gasteiger partial charge in [-0.25, -0.2) is 0 Å². The maximum Gasteiger partial charge on any atom is 2.00 e. The van der Waals surface area contributed by atoms with Crippen LogP contribution in [0.2, 0.25) is 0 Å². The van der Waals surface area contributed by atoms with Crippen molar-refractivity contribution < 1.29 is 25.9 Å². The molecule has 0 unspecified atom stereocenters. The number of aryl methyl sites for hydroxylation is 2. The zero-order valence-corrected chi connectivity index (χ0v) is 21.9. The molecular weight excluding hydrogens is 629 g/mol. The minimum atomic E-state index is -0.316. The minimum absolute atomic E-state index is 0. The van der Waals surface area contributed by atoms with Crippen molar-refractivity contribution in [2.75, 3.05) is 0 Å². The standard InChI is InChI=1S/C29H22N5O.Pt/c1-33-24-16-7-6-15-23(24)31-27(33)19-10-8-11-20(18-19)28-32-26-22(14-9-17-25(26)34(28)2)29(35)30-21-12-4-3-5-13-21;/h3-17H,1-2H3,(H,30,35);/q-1;+2/p-1. The van der Waals surface area contributed by atoms with E-state index >= 15 is 0 Å². The molecule has 0 saturated heterocycles. The van der Waals surface area contributed by atoms with Crippen LogP contribution in [-0.4, -0.2) is 25.0 Å². The average Bonchev–Trinajstić information content (AvgIpc) is 3.42. The Bertz CT molecular complexity index is 1720. The van der Waals surface area contributed by atoms with Gasteiger partial charge in [-0.05, 0) is 18.2 Å². The smallest absolute Gasteiger partial charge is 0.623 e. The Morgan fingerprint density at radius 1 is 0.722 bits per heavy atom. The van der Waals surface area contributed by atoms with Crippen LogP contribution in [0.1, 0.15) is 10.4 Å². The first kappa shape index (κ1) is 23.7. The summed E-state index contributed by atoms with van der Waals surface area (Å²) in [5.41, 5.74) is 6.28. The molecule has 6 aromatic rings.